The van der Waals surface area contributed by atoms with Crippen LogP contribution < -0.4 is 10.6 Å². The van der Waals surface area contributed by atoms with E-state index in [4.69, 9.17) is 14.5 Å². The van der Waals surface area contributed by atoms with Crippen LogP contribution in [0.5, 0.6) is 0 Å². The number of methoxy groups -OCH3 is 2. The molecule has 5 nitrogen and oxygen atoms in total. The number of nitrogens with one attached hydrogen (secondary N) is 2. The molecule has 0 bridgehead atoms. The minimum Gasteiger partial charge on any atom is -0.385 e. The van der Waals surface area contributed by atoms with Crippen LogP contribution in [-0.4, -0.2) is 53.0 Å². The van der Waals surface area contributed by atoms with Gasteiger partial charge in [-0.15, -0.1) is 24.0 Å². The van der Waals surface area contributed by atoms with Crippen LogP contribution in [0.4, 0.5) is 0 Å². The summed E-state index contributed by atoms with van der Waals surface area (Å²) in [5, 5.41) is 6.70. The zero-order chi connectivity index (χ0) is 15.4. The van der Waals surface area contributed by atoms with Crippen LogP contribution in [0.15, 0.2) is 4.99 Å². The van der Waals surface area contributed by atoms with Gasteiger partial charge in [0.25, 0.3) is 0 Å². The van der Waals surface area contributed by atoms with E-state index < -0.39 is 0 Å². The number of aliphatic imine (C=N–C) groups is 1. The third-order valence-corrected chi connectivity index (χ3v) is 4.24. The average molecular weight is 427 g/mol. The average Bonchev–Trinajstić information content (AvgIpc) is 2.96. The van der Waals surface area contributed by atoms with Gasteiger partial charge in [-0.2, -0.15) is 0 Å². The predicted molar refractivity (Wildman–Crippen MR) is 103 cm³/mol. The number of hydrogen-bond acceptors (Lipinski definition) is 3. The summed E-state index contributed by atoms with van der Waals surface area (Å²) in [5.41, 5.74) is 0.352. The fraction of sp³-hybridized carbons (Fsp3) is 0.938. The summed E-state index contributed by atoms with van der Waals surface area (Å²) in [4.78, 5) is 4.82. The molecule has 1 saturated carbocycles. The number of rotatable bonds is 10. The minimum atomic E-state index is 0. The molecule has 0 atom stereocenters. The SMILES string of the molecule is CCNC(=NCC1(CCOC)CCCC1)NCCCOC.I. The zero-order valence-corrected chi connectivity index (χ0v) is 16.8. The van der Waals surface area contributed by atoms with E-state index in [2.05, 4.69) is 17.6 Å². The van der Waals surface area contributed by atoms with Gasteiger partial charge in [0, 0.05) is 47.1 Å². The Hall–Kier alpha value is -0.0800. The quantitative estimate of drug-likeness (QED) is 0.244. The van der Waals surface area contributed by atoms with Gasteiger partial charge in [0.15, 0.2) is 5.96 Å². The highest BCUT2D eigenvalue weighted by Gasteiger charge is 2.33. The molecule has 1 rings (SSSR count). The van der Waals surface area contributed by atoms with Gasteiger partial charge >= 0.3 is 0 Å². The molecular weight excluding hydrogens is 393 g/mol. The largest absolute Gasteiger partial charge is 0.385 e. The molecule has 0 amide bonds. The molecule has 6 heteroatoms. The molecule has 2 N–H and O–H groups in total. The molecule has 0 aromatic heterocycles. The van der Waals surface area contributed by atoms with Gasteiger partial charge in [-0.05, 0) is 38.0 Å². The topological polar surface area (TPSA) is 54.9 Å². The lowest BCUT2D eigenvalue weighted by atomic mass is 9.83. The second-order valence-electron chi connectivity index (χ2n) is 5.92. The van der Waals surface area contributed by atoms with E-state index >= 15 is 0 Å². The van der Waals surface area contributed by atoms with Crippen LogP contribution >= 0.6 is 24.0 Å². The van der Waals surface area contributed by atoms with Crippen LogP contribution in [0.1, 0.15) is 45.4 Å². The van der Waals surface area contributed by atoms with Gasteiger partial charge in [-0.3, -0.25) is 4.99 Å². The second kappa shape index (κ2) is 13.4. The zero-order valence-electron chi connectivity index (χ0n) is 14.5. The summed E-state index contributed by atoms with van der Waals surface area (Å²) in [6.07, 6.45) is 7.34. The maximum absolute atomic E-state index is 5.28. The molecule has 1 fully saturated rings. The molecule has 1 aliphatic rings. The Morgan fingerprint density at radius 3 is 2.36 bits per heavy atom. The van der Waals surface area contributed by atoms with Crippen LogP contribution in [0, 0.1) is 5.41 Å². The normalized spacial score (nSPS) is 17.1. The Bertz CT molecular complexity index is 295. The lowest BCUT2D eigenvalue weighted by Crippen LogP contribution is -2.39. The van der Waals surface area contributed by atoms with Gasteiger partial charge in [0.05, 0.1) is 0 Å². The molecule has 0 radical (unpaired) electrons. The van der Waals surface area contributed by atoms with Crippen molar-refractivity contribution in [2.24, 2.45) is 10.4 Å². The Labute approximate surface area is 153 Å². The van der Waals surface area contributed by atoms with Crippen LogP contribution in [0.2, 0.25) is 0 Å². The van der Waals surface area contributed by atoms with E-state index in [0.717, 1.165) is 51.6 Å². The number of guanidine groups is 1. The van der Waals surface area contributed by atoms with Crippen molar-refractivity contribution in [3.63, 3.8) is 0 Å². The first-order valence-corrected chi connectivity index (χ1v) is 8.26. The van der Waals surface area contributed by atoms with Crippen molar-refractivity contribution in [3.8, 4) is 0 Å². The monoisotopic (exact) mass is 427 g/mol. The summed E-state index contributed by atoms with van der Waals surface area (Å²) in [6.45, 7) is 6.40. The molecule has 0 aliphatic heterocycles. The Morgan fingerprint density at radius 1 is 1.09 bits per heavy atom. The van der Waals surface area contributed by atoms with Crippen molar-refractivity contribution in [1.82, 2.24) is 10.6 Å². The van der Waals surface area contributed by atoms with Gasteiger partial charge in [0.1, 0.15) is 0 Å². The molecule has 0 saturated heterocycles. The van der Waals surface area contributed by atoms with Crippen molar-refractivity contribution < 1.29 is 9.47 Å². The van der Waals surface area contributed by atoms with Crippen LogP contribution in [0.25, 0.3) is 0 Å². The standard InChI is InChI=1S/C16H33N3O2.HI/c1-4-17-15(18-11-7-12-20-2)19-14-16(10-13-21-3)8-5-6-9-16;/h4-14H2,1-3H3,(H2,17,18,19);1H. The van der Waals surface area contributed by atoms with E-state index in [0.29, 0.717) is 5.41 Å². The van der Waals surface area contributed by atoms with Crippen molar-refractivity contribution in [3.05, 3.63) is 0 Å². The maximum atomic E-state index is 5.28. The highest BCUT2D eigenvalue weighted by molar-refractivity contribution is 14.0. The fourth-order valence-electron chi connectivity index (χ4n) is 2.94. The Morgan fingerprint density at radius 2 is 1.77 bits per heavy atom. The third-order valence-electron chi connectivity index (χ3n) is 4.24. The van der Waals surface area contributed by atoms with Crippen molar-refractivity contribution in [2.75, 3.05) is 47.1 Å². The number of halogens is 1. The summed E-state index contributed by atoms with van der Waals surface area (Å²) >= 11 is 0. The summed E-state index contributed by atoms with van der Waals surface area (Å²) in [6, 6.07) is 0. The van der Waals surface area contributed by atoms with Crippen molar-refractivity contribution >= 4 is 29.9 Å². The van der Waals surface area contributed by atoms with E-state index in [1.807, 2.05) is 0 Å². The molecule has 1 aliphatic carbocycles. The first-order valence-electron chi connectivity index (χ1n) is 8.26. The molecule has 0 aromatic rings. The first kappa shape index (κ1) is 21.9. The molecule has 22 heavy (non-hydrogen) atoms. The number of hydrogen-bond donors (Lipinski definition) is 2. The fourth-order valence-corrected chi connectivity index (χ4v) is 2.94. The van der Waals surface area contributed by atoms with Crippen molar-refractivity contribution in [1.29, 1.82) is 0 Å². The van der Waals surface area contributed by atoms with Gasteiger partial charge in [0.2, 0.25) is 0 Å². The lowest BCUT2D eigenvalue weighted by molar-refractivity contribution is 0.141. The molecule has 0 aromatic carbocycles. The molecule has 0 heterocycles. The number of nitrogens with zero attached hydrogens (tertiary/aromatic N) is 1. The number of ether oxygens (including phenoxy) is 2. The van der Waals surface area contributed by atoms with E-state index in [1.54, 1.807) is 14.2 Å². The molecule has 0 spiro atoms. The second-order valence-corrected chi connectivity index (χ2v) is 5.92. The maximum Gasteiger partial charge on any atom is 0.191 e. The smallest absolute Gasteiger partial charge is 0.191 e. The minimum absolute atomic E-state index is 0. The predicted octanol–water partition coefficient (Wildman–Crippen LogP) is 2.79. The summed E-state index contributed by atoms with van der Waals surface area (Å²) in [5.74, 6) is 0.928. The first-order chi connectivity index (χ1) is 10.3. The summed E-state index contributed by atoms with van der Waals surface area (Å²) in [7, 11) is 3.52. The van der Waals surface area contributed by atoms with Gasteiger partial charge in [-0.25, -0.2) is 0 Å². The highest BCUT2D eigenvalue weighted by Crippen LogP contribution is 2.41. The van der Waals surface area contributed by atoms with Crippen LogP contribution in [0.3, 0.4) is 0 Å². The molecular formula is C16H34IN3O2. The van der Waals surface area contributed by atoms with E-state index in [9.17, 15) is 0 Å². The highest BCUT2D eigenvalue weighted by atomic mass is 127. The van der Waals surface area contributed by atoms with Gasteiger partial charge in [-0.1, -0.05) is 12.8 Å². The molecule has 0 unspecified atom stereocenters. The lowest BCUT2D eigenvalue weighted by Gasteiger charge is -2.27. The van der Waals surface area contributed by atoms with Crippen LogP contribution in [-0.2, 0) is 9.47 Å². The Kier molecular flexibility index (Phi) is 13.3. The third kappa shape index (κ3) is 8.53. The van der Waals surface area contributed by atoms with Gasteiger partial charge < -0.3 is 20.1 Å². The van der Waals surface area contributed by atoms with E-state index in [1.165, 1.54) is 25.7 Å². The Balaban J connectivity index is 0.00000441. The molecule has 132 valence electrons. The van der Waals surface area contributed by atoms with Crippen molar-refractivity contribution in [2.45, 2.75) is 45.4 Å². The summed E-state index contributed by atoms with van der Waals surface area (Å²) < 4.78 is 10.4. The van der Waals surface area contributed by atoms with E-state index in [-0.39, 0.29) is 24.0 Å².